The Morgan fingerprint density at radius 1 is 1.50 bits per heavy atom. The minimum atomic E-state index is -3.23. The summed E-state index contributed by atoms with van der Waals surface area (Å²) in [5.41, 5.74) is 0. The molecule has 0 aromatic rings. The van der Waals surface area contributed by atoms with Crippen molar-refractivity contribution < 1.29 is 17.9 Å². The van der Waals surface area contributed by atoms with Crippen molar-refractivity contribution >= 4 is 28.1 Å². The smallest absolute Gasteiger partial charge is 0.410 e. The average molecular weight is 242 g/mol. The Morgan fingerprint density at radius 3 is 2.50 bits per heavy atom. The molecule has 0 aromatic heterocycles. The highest BCUT2D eigenvalue weighted by Gasteiger charge is 2.07. The Bertz CT molecular complexity index is 276. The number of sulfonamides is 1. The first kappa shape index (κ1) is 13.5. The maximum absolute atomic E-state index is 10.9. The molecule has 14 heavy (non-hydrogen) atoms. The van der Waals surface area contributed by atoms with E-state index in [9.17, 15) is 13.2 Å². The number of nitrogens with one attached hydrogen (secondary N) is 1. The van der Waals surface area contributed by atoms with Crippen LogP contribution >= 0.6 is 11.9 Å². The van der Waals surface area contributed by atoms with Gasteiger partial charge in [-0.15, -0.1) is 0 Å². The van der Waals surface area contributed by atoms with Gasteiger partial charge in [-0.25, -0.2) is 13.2 Å². The molecule has 0 fully saturated rings. The third-order valence-electron chi connectivity index (χ3n) is 1.17. The van der Waals surface area contributed by atoms with Crippen LogP contribution in [0.5, 0.6) is 0 Å². The van der Waals surface area contributed by atoms with E-state index in [0.717, 1.165) is 11.9 Å². The van der Waals surface area contributed by atoms with Crippen LogP contribution < -0.4 is 4.13 Å². The number of amides is 1. The Kier molecular flexibility index (Phi) is 5.89. The Morgan fingerprint density at radius 2 is 2.07 bits per heavy atom. The highest BCUT2D eigenvalue weighted by Crippen LogP contribution is 1.99. The number of carbonyl (C=O) groups is 1. The lowest BCUT2D eigenvalue weighted by atomic mass is 10.9. The minimum Gasteiger partial charge on any atom is -0.437 e. The fourth-order valence-corrected chi connectivity index (χ4v) is 1.92. The third-order valence-corrected chi connectivity index (χ3v) is 3.66. The predicted octanol–water partition coefficient (Wildman–Crippen LogP) is 0.230. The Labute approximate surface area is 88.2 Å². The van der Waals surface area contributed by atoms with Crippen molar-refractivity contribution in [2.24, 2.45) is 0 Å². The molecule has 8 heteroatoms. The maximum atomic E-state index is 10.9. The van der Waals surface area contributed by atoms with Gasteiger partial charge >= 0.3 is 6.09 Å². The van der Waals surface area contributed by atoms with E-state index in [-0.39, 0.29) is 11.7 Å². The zero-order valence-corrected chi connectivity index (χ0v) is 9.94. The first-order valence-electron chi connectivity index (χ1n) is 3.84. The molecule has 0 saturated carbocycles. The first-order valence-corrected chi connectivity index (χ1v) is 6.48. The molecular formula is C6H14N2O4S2. The molecule has 0 aliphatic heterocycles. The van der Waals surface area contributed by atoms with Crippen LogP contribution in [-0.4, -0.2) is 45.2 Å². The van der Waals surface area contributed by atoms with E-state index in [0.29, 0.717) is 0 Å². The van der Waals surface area contributed by atoms with Crippen LogP contribution in [0.3, 0.4) is 0 Å². The van der Waals surface area contributed by atoms with Crippen molar-refractivity contribution in [3.63, 3.8) is 0 Å². The lowest BCUT2D eigenvalue weighted by Gasteiger charge is -2.10. The molecule has 0 saturated heterocycles. The van der Waals surface area contributed by atoms with Crippen molar-refractivity contribution in [3.05, 3.63) is 0 Å². The molecule has 0 heterocycles. The number of nitrogens with zero attached hydrogens (tertiary/aromatic N) is 1. The van der Waals surface area contributed by atoms with Gasteiger partial charge in [0.05, 0.1) is 5.75 Å². The Hall–Kier alpha value is -0.470. The van der Waals surface area contributed by atoms with Gasteiger partial charge in [-0.05, 0) is 18.9 Å². The van der Waals surface area contributed by atoms with Crippen molar-refractivity contribution in [1.82, 2.24) is 9.03 Å². The van der Waals surface area contributed by atoms with E-state index >= 15 is 0 Å². The van der Waals surface area contributed by atoms with E-state index in [1.165, 1.54) is 11.8 Å². The number of carbonyl (C=O) groups excluding carboxylic acids is 1. The van der Waals surface area contributed by atoms with Crippen LogP contribution in [0.2, 0.25) is 0 Å². The third kappa shape index (κ3) is 6.06. The maximum Gasteiger partial charge on any atom is 0.410 e. The second-order valence-electron chi connectivity index (χ2n) is 2.55. The van der Waals surface area contributed by atoms with Gasteiger partial charge < -0.3 is 9.64 Å². The summed E-state index contributed by atoms with van der Waals surface area (Å²) in [7, 11) is -0.140. The van der Waals surface area contributed by atoms with Gasteiger partial charge in [-0.3, -0.25) is 0 Å². The number of hydrogen-bond acceptors (Lipinski definition) is 5. The van der Waals surface area contributed by atoms with E-state index < -0.39 is 16.1 Å². The van der Waals surface area contributed by atoms with Crippen LogP contribution in [0.4, 0.5) is 4.79 Å². The van der Waals surface area contributed by atoms with Gasteiger partial charge in [-0.2, -0.15) is 4.13 Å². The lowest BCUT2D eigenvalue weighted by Crippen LogP contribution is -2.24. The molecule has 84 valence electrons. The van der Waals surface area contributed by atoms with E-state index in [4.69, 9.17) is 0 Å². The van der Waals surface area contributed by atoms with Crippen LogP contribution in [0.25, 0.3) is 0 Å². The normalized spacial score (nSPS) is 11.1. The van der Waals surface area contributed by atoms with Crippen molar-refractivity contribution in [2.45, 2.75) is 6.92 Å². The van der Waals surface area contributed by atoms with Gasteiger partial charge in [0, 0.05) is 14.1 Å². The molecular weight excluding hydrogens is 228 g/mol. The number of rotatable bonds is 5. The summed E-state index contributed by atoms with van der Waals surface area (Å²) in [5.74, 6) is -0.0438. The van der Waals surface area contributed by atoms with Gasteiger partial charge in [0.15, 0.2) is 5.94 Å². The lowest BCUT2D eigenvalue weighted by molar-refractivity contribution is 0.136. The highest BCUT2D eigenvalue weighted by atomic mass is 32.3. The standard InChI is InChI=1S/C6H14N2O4S2/c1-4-14(10,11)7-13-5-12-6(9)8(2)3/h7H,4-5H2,1-3H3. The number of hydrogen-bond donors (Lipinski definition) is 1. The molecule has 0 aromatic carbocycles. The zero-order chi connectivity index (χ0) is 11.2. The van der Waals surface area contributed by atoms with Gasteiger partial charge in [0.2, 0.25) is 10.0 Å². The van der Waals surface area contributed by atoms with E-state index in [1.807, 2.05) is 0 Å². The molecule has 0 rings (SSSR count). The minimum absolute atomic E-state index is 0.00161. The van der Waals surface area contributed by atoms with Gasteiger partial charge in [0.25, 0.3) is 0 Å². The van der Waals surface area contributed by atoms with Crippen LogP contribution in [0.1, 0.15) is 6.92 Å². The van der Waals surface area contributed by atoms with E-state index in [1.54, 1.807) is 14.1 Å². The summed E-state index contributed by atoms with van der Waals surface area (Å²) in [4.78, 5) is 12.1. The quantitative estimate of drug-likeness (QED) is 0.424. The molecule has 0 bridgehead atoms. The summed E-state index contributed by atoms with van der Waals surface area (Å²) in [6.07, 6.45) is -0.506. The van der Waals surface area contributed by atoms with Gasteiger partial charge in [-0.1, -0.05) is 0 Å². The van der Waals surface area contributed by atoms with Crippen LogP contribution in [0, 0.1) is 0 Å². The number of ether oxygens (including phenoxy) is 1. The van der Waals surface area contributed by atoms with Crippen molar-refractivity contribution in [2.75, 3.05) is 25.8 Å². The zero-order valence-electron chi connectivity index (χ0n) is 8.31. The summed E-state index contributed by atoms with van der Waals surface area (Å²) in [6.45, 7) is 1.52. The summed E-state index contributed by atoms with van der Waals surface area (Å²) in [6, 6.07) is 0. The molecule has 0 aliphatic carbocycles. The molecule has 0 aliphatic rings. The summed E-state index contributed by atoms with van der Waals surface area (Å²) >= 11 is 0.823. The summed E-state index contributed by atoms with van der Waals surface area (Å²) in [5, 5.41) is 0. The fraction of sp³-hybridized carbons (Fsp3) is 0.833. The summed E-state index contributed by atoms with van der Waals surface area (Å²) < 4.78 is 28.7. The fourth-order valence-electron chi connectivity index (χ4n) is 0.382. The Balaban J connectivity index is 3.63. The molecule has 1 N–H and O–H groups in total. The highest BCUT2D eigenvalue weighted by molar-refractivity contribution is 8.09. The monoisotopic (exact) mass is 242 g/mol. The SMILES string of the molecule is CCS(=O)(=O)NSCOC(=O)N(C)C. The molecule has 1 amide bonds. The topological polar surface area (TPSA) is 75.7 Å². The second kappa shape index (κ2) is 6.10. The molecule has 6 nitrogen and oxygen atoms in total. The van der Waals surface area contributed by atoms with Crippen LogP contribution in [0.15, 0.2) is 0 Å². The largest absolute Gasteiger partial charge is 0.437 e. The predicted molar refractivity (Wildman–Crippen MR) is 55.2 cm³/mol. The first-order chi connectivity index (χ1) is 6.39. The molecule has 0 atom stereocenters. The van der Waals surface area contributed by atoms with E-state index in [2.05, 4.69) is 8.86 Å². The molecule has 0 spiro atoms. The molecule has 0 radical (unpaired) electrons. The van der Waals surface area contributed by atoms with Crippen molar-refractivity contribution in [1.29, 1.82) is 0 Å². The van der Waals surface area contributed by atoms with Crippen LogP contribution in [-0.2, 0) is 14.8 Å². The second-order valence-corrected chi connectivity index (χ2v) is 5.55. The average Bonchev–Trinajstić information content (AvgIpc) is 2.12. The van der Waals surface area contributed by atoms with Gasteiger partial charge in [0.1, 0.15) is 0 Å². The van der Waals surface area contributed by atoms with Crippen molar-refractivity contribution in [3.8, 4) is 0 Å². The molecule has 0 unspecified atom stereocenters.